The molecule has 0 radical (unpaired) electrons. The first-order valence-electron chi connectivity index (χ1n) is 21.1. The molecule has 17 nitrogen and oxygen atoms in total. The van der Waals surface area contributed by atoms with Gasteiger partial charge in [0.05, 0.1) is 30.4 Å². The Kier molecular flexibility index (Phi) is 13.1. The zero-order valence-electron chi connectivity index (χ0n) is 34.6. The van der Waals surface area contributed by atoms with E-state index in [1.54, 1.807) is 26.1 Å². The summed E-state index contributed by atoms with van der Waals surface area (Å²) in [5, 5.41) is 28.6. The van der Waals surface area contributed by atoms with Gasteiger partial charge in [0.2, 0.25) is 23.6 Å². The van der Waals surface area contributed by atoms with Gasteiger partial charge in [-0.2, -0.15) is 0 Å². The summed E-state index contributed by atoms with van der Waals surface area (Å²) in [6.07, 6.45) is 6.29. The molecule has 7 rings (SSSR count). The first-order chi connectivity index (χ1) is 29.6. The Hall–Kier alpha value is -5.72. The third kappa shape index (κ3) is 8.94. The lowest BCUT2D eigenvalue weighted by molar-refractivity contribution is -0.163. The SMILES string of the molecule is CC[C@@]1(O)C(=O)OCC2=C1/C=C1\CC(CCC2=O)Cc2c1nc1cc(F)c(C)c3c1c2C(/C=N\C(=O)[C@H]1C[C@@H](OCNC(=O)CNC(=O)[C@H](CCC(=O)O)NC(=O)CN)C1)CC3. The fourth-order valence-electron chi connectivity index (χ4n) is 9.21. The number of amides is 4. The van der Waals surface area contributed by atoms with Crippen molar-refractivity contribution in [1.82, 2.24) is 20.9 Å². The molecule has 2 heterocycles. The Labute approximate surface area is 356 Å². The Morgan fingerprint density at radius 2 is 1.89 bits per heavy atom. The third-order valence-electron chi connectivity index (χ3n) is 12.9. The van der Waals surface area contributed by atoms with Crippen LogP contribution in [0.5, 0.6) is 0 Å². The average Bonchev–Trinajstić information content (AvgIpc) is 3.28. The first kappa shape index (κ1) is 44.3. The van der Waals surface area contributed by atoms with Crippen molar-refractivity contribution in [2.24, 2.45) is 22.6 Å². The number of carboxylic acid groups (broad SMARTS) is 1. The number of fused-ring (bicyclic) bond motifs is 5. The van der Waals surface area contributed by atoms with Gasteiger partial charge in [-0.3, -0.25) is 28.8 Å². The normalized spacial score (nSPS) is 25.5. The molecular formula is C44H51FN6O11. The van der Waals surface area contributed by atoms with Crippen LogP contribution in [0.2, 0.25) is 0 Å². The predicted molar refractivity (Wildman–Crippen MR) is 220 cm³/mol. The van der Waals surface area contributed by atoms with Crippen LogP contribution < -0.4 is 21.7 Å². The monoisotopic (exact) mass is 858 g/mol. The maximum absolute atomic E-state index is 15.4. The van der Waals surface area contributed by atoms with Crippen molar-refractivity contribution in [3.8, 4) is 0 Å². The number of cyclic esters (lactones) is 1. The number of esters is 1. The highest BCUT2D eigenvalue weighted by atomic mass is 19.1. The summed E-state index contributed by atoms with van der Waals surface area (Å²) in [7, 11) is 0. The van der Waals surface area contributed by atoms with E-state index in [9.17, 15) is 38.7 Å². The molecule has 1 saturated carbocycles. The van der Waals surface area contributed by atoms with Crippen molar-refractivity contribution in [3.63, 3.8) is 0 Å². The van der Waals surface area contributed by atoms with E-state index >= 15 is 4.39 Å². The molecule has 5 aliphatic rings. The minimum absolute atomic E-state index is 0.000702. The van der Waals surface area contributed by atoms with Gasteiger partial charge in [-0.1, -0.05) is 6.92 Å². The second-order valence-corrected chi connectivity index (χ2v) is 16.7. The van der Waals surface area contributed by atoms with Gasteiger partial charge in [-0.05, 0) is 105 Å². The number of carboxylic acids is 1. The summed E-state index contributed by atoms with van der Waals surface area (Å²) >= 11 is 0. The standard InChI is InChI=1S/C44H51FN6O11/c1-3-44(60)30-14-24-10-22(4-8-34(52)29(30)19-61-43(44)59)11-28-38-23(5-6-27-21(2)31(45)15-33(39(27)38)51-40(24)28)17-47-41(57)25-12-26(13-25)62-20-49-36(54)18-48-42(58)32(7-9-37(55)56)50-35(53)16-46/h14-15,17,22-23,25-26,32,60H,3-13,16,18-20,46H2,1-2H3,(H,48,58)(H,49,54)(H,50,53)(H,55,56)/b24-14+,47-17-/t22?,23?,25-,26+,32-,44-/m0/s1. The van der Waals surface area contributed by atoms with Gasteiger partial charge in [0.25, 0.3) is 0 Å². The number of carbonyl (C=O) groups is 7. The Bertz CT molecular complexity index is 2340. The number of hydrogen-bond donors (Lipinski definition) is 6. The van der Waals surface area contributed by atoms with Crippen LogP contribution in [0.25, 0.3) is 16.5 Å². The molecule has 62 heavy (non-hydrogen) atoms. The van der Waals surface area contributed by atoms with E-state index in [1.165, 1.54) is 6.07 Å². The van der Waals surface area contributed by atoms with Gasteiger partial charge in [0, 0.05) is 53.5 Å². The molecule has 4 atom stereocenters. The number of aryl methyl sites for hydroxylation is 1. The molecule has 18 heteroatoms. The van der Waals surface area contributed by atoms with E-state index in [1.807, 2.05) is 0 Å². The number of aliphatic imine (C=N–C) groups is 1. The summed E-state index contributed by atoms with van der Waals surface area (Å²) in [4.78, 5) is 96.8. The zero-order chi connectivity index (χ0) is 44.5. The number of aromatic nitrogens is 1. The van der Waals surface area contributed by atoms with Gasteiger partial charge < -0.3 is 41.4 Å². The number of allylic oxidation sites excluding steroid dienone is 1. The van der Waals surface area contributed by atoms with Crippen molar-refractivity contribution in [3.05, 3.63) is 57.1 Å². The highest BCUT2D eigenvalue weighted by Gasteiger charge is 2.46. The molecule has 1 aliphatic heterocycles. The van der Waals surface area contributed by atoms with Gasteiger partial charge >= 0.3 is 11.9 Å². The molecular weight excluding hydrogens is 808 g/mol. The number of Topliss-reactive ketones (excluding diaryl/α,β-unsaturated/α-hetero) is 1. The third-order valence-corrected chi connectivity index (χ3v) is 12.9. The minimum Gasteiger partial charge on any atom is -0.481 e. The number of nitrogens with zero attached hydrogens (tertiary/aromatic N) is 2. The number of halogens is 1. The van der Waals surface area contributed by atoms with Crippen LogP contribution in [0.15, 0.2) is 28.3 Å². The average molecular weight is 859 g/mol. The van der Waals surface area contributed by atoms with E-state index < -0.39 is 60.3 Å². The number of hydrogen-bond acceptors (Lipinski definition) is 12. The maximum atomic E-state index is 15.4. The Balaban J connectivity index is 1.03. The number of nitrogens with one attached hydrogen (secondary N) is 3. The number of benzene rings is 1. The summed E-state index contributed by atoms with van der Waals surface area (Å²) in [5.41, 5.74) is 8.85. The maximum Gasteiger partial charge on any atom is 0.343 e. The second-order valence-electron chi connectivity index (χ2n) is 16.7. The molecule has 1 aromatic carbocycles. The Morgan fingerprint density at radius 3 is 2.61 bits per heavy atom. The predicted octanol–water partition coefficient (Wildman–Crippen LogP) is 1.91. The zero-order valence-corrected chi connectivity index (χ0v) is 34.6. The van der Waals surface area contributed by atoms with E-state index in [4.69, 9.17) is 25.3 Å². The van der Waals surface area contributed by atoms with Crippen LogP contribution in [-0.4, -0.2) is 107 Å². The number of rotatable bonds is 14. The molecule has 330 valence electrons. The Morgan fingerprint density at radius 1 is 1.11 bits per heavy atom. The van der Waals surface area contributed by atoms with Crippen molar-refractivity contribution in [1.29, 1.82) is 0 Å². The molecule has 1 aromatic heterocycles. The number of ketones is 1. The second kappa shape index (κ2) is 18.3. The summed E-state index contributed by atoms with van der Waals surface area (Å²) < 4.78 is 26.4. The summed E-state index contributed by atoms with van der Waals surface area (Å²) in [6, 6.07) is 0.247. The van der Waals surface area contributed by atoms with Crippen LogP contribution in [0, 0.1) is 24.6 Å². The molecule has 2 aromatic rings. The van der Waals surface area contributed by atoms with Crippen LogP contribution in [0.1, 0.15) is 98.6 Å². The lowest BCUT2D eigenvalue weighted by Gasteiger charge is -2.35. The van der Waals surface area contributed by atoms with E-state index in [-0.39, 0.29) is 85.6 Å². The first-order valence-corrected chi connectivity index (χ1v) is 21.1. The van der Waals surface area contributed by atoms with Crippen molar-refractivity contribution < 1.29 is 57.6 Å². The molecule has 0 saturated heterocycles. The number of carbonyl (C=O) groups excluding carboxylic acids is 6. The van der Waals surface area contributed by atoms with Gasteiger partial charge in [0.1, 0.15) is 25.2 Å². The minimum atomic E-state index is -2.01. The molecule has 4 amide bonds. The van der Waals surface area contributed by atoms with Crippen LogP contribution in [0.4, 0.5) is 4.39 Å². The van der Waals surface area contributed by atoms with Crippen LogP contribution in [0.3, 0.4) is 0 Å². The molecule has 2 unspecified atom stereocenters. The number of ether oxygens (including phenoxy) is 2. The van der Waals surface area contributed by atoms with Crippen LogP contribution >= 0.6 is 0 Å². The van der Waals surface area contributed by atoms with Crippen molar-refractivity contribution in [2.45, 2.75) is 108 Å². The lowest BCUT2D eigenvalue weighted by atomic mass is 9.72. The van der Waals surface area contributed by atoms with Crippen LogP contribution in [-0.2, 0) is 55.9 Å². The lowest BCUT2D eigenvalue weighted by Crippen LogP contribution is -2.50. The topological polar surface area (TPSA) is 266 Å². The van der Waals surface area contributed by atoms with E-state index in [0.29, 0.717) is 61.7 Å². The number of nitrogens with two attached hydrogens (primary N) is 1. The van der Waals surface area contributed by atoms with E-state index in [2.05, 4.69) is 20.9 Å². The molecule has 1 fully saturated rings. The molecule has 4 aliphatic carbocycles. The fraction of sp³-hybridized carbons (Fsp3) is 0.523. The molecule has 2 bridgehead atoms. The highest BCUT2D eigenvalue weighted by molar-refractivity contribution is 6.03. The van der Waals surface area contributed by atoms with E-state index in [0.717, 1.165) is 27.6 Å². The molecule has 0 spiro atoms. The quantitative estimate of drug-likeness (QED) is 0.0902. The molecule has 7 N–H and O–H groups in total. The van der Waals surface area contributed by atoms with Crippen molar-refractivity contribution >= 4 is 64.0 Å². The summed E-state index contributed by atoms with van der Waals surface area (Å²) in [5.74, 6) is -5.49. The largest absolute Gasteiger partial charge is 0.481 e. The van der Waals surface area contributed by atoms with Gasteiger partial charge in [-0.15, -0.1) is 0 Å². The highest BCUT2D eigenvalue weighted by Crippen LogP contribution is 2.48. The number of aliphatic carboxylic acids is 1. The van der Waals surface area contributed by atoms with Gasteiger partial charge in [-0.25, -0.2) is 19.2 Å². The smallest absolute Gasteiger partial charge is 0.343 e. The van der Waals surface area contributed by atoms with Gasteiger partial charge in [0.15, 0.2) is 11.4 Å². The fourth-order valence-corrected chi connectivity index (χ4v) is 9.21. The number of aliphatic hydroxyl groups is 1. The number of pyridine rings is 1. The van der Waals surface area contributed by atoms with Crippen molar-refractivity contribution in [2.75, 3.05) is 26.4 Å². The summed E-state index contributed by atoms with van der Waals surface area (Å²) in [6.45, 7) is 2.15.